The Hall–Kier alpha value is -0.0500. The molecule has 94 valence electrons. The highest BCUT2D eigenvalue weighted by Crippen LogP contribution is 2.29. The number of rotatable bonds is 7. The first-order valence-electron chi connectivity index (χ1n) is 6.36. The fourth-order valence-electron chi connectivity index (χ4n) is 2.00. The smallest absolute Gasteiger partial charge is 0.220 e. The van der Waals surface area contributed by atoms with Crippen LogP contribution in [0, 0.1) is 11.3 Å². The third kappa shape index (κ3) is 5.33. The predicted octanol–water partition coefficient (Wildman–Crippen LogP) is 3.49. The molecule has 1 aliphatic carbocycles. The van der Waals surface area contributed by atoms with Gasteiger partial charge in [-0.3, -0.25) is 4.79 Å². The van der Waals surface area contributed by atoms with Crippen LogP contribution >= 0.6 is 15.9 Å². The van der Waals surface area contributed by atoms with Crippen LogP contribution in [0.2, 0.25) is 0 Å². The second kappa shape index (κ2) is 6.63. The molecule has 0 spiro atoms. The van der Waals surface area contributed by atoms with Gasteiger partial charge in [-0.15, -0.1) is 0 Å². The minimum absolute atomic E-state index is 0.225. The van der Waals surface area contributed by atoms with Gasteiger partial charge in [-0.1, -0.05) is 36.2 Å². The fourth-order valence-corrected chi connectivity index (χ4v) is 2.28. The number of amides is 1. The molecule has 1 fully saturated rings. The molecule has 0 radical (unpaired) electrons. The van der Waals surface area contributed by atoms with Crippen LogP contribution in [0.1, 0.15) is 52.4 Å². The van der Waals surface area contributed by atoms with Crippen molar-refractivity contribution in [1.29, 1.82) is 0 Å². The zero-order chi connectivity index (χ0) is 12.0. The Labute approximate surface area is 108 Å². The topological polar surface area (TPSA) is 29.1 Å². The number of carbonyl (C=O) groups is 1. The molecule has 0 aromatic rings. The summed E-state index contributed by atoms with van der Waals surface area (Å²) in [4.78, 5) is 11.6. The van der Waals surface area contributed by atoms with Gasteiger partial charge in [0.1, 0.15) is 0 Å². The van der Waals surface area contributed by atoms with E-state index in [0.29, 0.717) is 5.92 Å². The SMILES string of the molecule is CC(C)(CCCBr)CNC(=O)CC1CCC1. The monoisotopic (exact) mass is 289 g/mol. The number of halogens is 1. The van der Waals surface area contributed by atoms with Crippen molar-refractivity contribution < 1.29 is 4.79 Å². The molecule has 1 amide bonds. The molecule has 0 saturated heterocycles. The Morgan fingerprint density at radius 3 is 2.62 bits per heavy atom. The van der Waals surface area contributed by atoms with Gasteiger partial charge in [0.05, 0.1) is 0 Å². The molecule has 1 aliphatic rings. The number of alkyl halides is 1. The van der Waals surface area contributed by atoms with Gasteiger partial charge in [0.15, 0.2) is 0 Å². The average Bonchev–Trinajstić information content (AvgIpc) is 2.18. The molecular weight excluding hydrogens is 266 g/mol. The van der Waals surface area contributed by atoms with Gasteiger partial charge >= 0.3 is 0 Å². The number of carbonyl (C=O) groups excluding carboxylic acids is 1. The Kier molecular flexibility index (Phi) is 5.81. The summed E-state index contributed by atoms with van der Waals surface area (Å²) in [6.45, 7) is 5.25. The molecule has 0 unspecified atom stereocenters. The highest BCUT2D eigenvalue weighted by molar-refractivity contribution is 9.09. The van der Waals surface area contributed by atoms with Crippen LogP contribution in [0.5, 0.6) is 0 Å². The van der Waals surface area contributed by atoms with Crippen molar-refractivity contribution in [2.75, 3.05) is 11.9 Å². The number of hydrogen-bond acceptors (Lipinski definition) is 1. The Morgan fingerprint density at radius 2 is 2.12 bits per heavy atom. The van der Waals surface area contributed by atoms with Gasteiger partial charge in [0, 0.05) is 18.3 Å². The summed E-state index contributed by atoms with van der Waals surface area (Å²) >= 11 is 3.44. The number of nitrogens with one attached hydrogen (secondary N) is 1. The van der Waals surface area contributed by atoms with Gasteiger partial charge in [-0.25, -0.2) is 0 Å². The maximum atomic E-state index is 11.6. The Balaban J connectivity index is 2.13. The van der Waals surface area contributed by atoms with E-state index in [0.717, 1.165) is 24.7 Å². The minimum Gasteiger partial charge on any atom is -0.356 e. The van der Waals surface area contributed by atoms with E-state index >= 15 is 0 Å². The molecule has 1 saturated carbocycles. The van der Waals surface area contributed by atoms with E-state index < -0.39 is 0 Å². The van der Waals surface area contributed by atoms with E-state index in [1.165, 1.54) is 25.7 Å². The first-order chi connectivity index (χ1) is 7.53. The van der Waals surface area contributed by atoms with E-state index in [2.05, 4.69) is 35.1 Å². The predicted molar refractivity (Wildman–Crippen MR) is 71.8 cm³/mol. The minimum atomic E-state index is 0.225. The molecule has 0 heterocycles. The second-order valence-electron chi connectivity index (χ2n) is 5.73. The van der Waals surface area contributed by atoms with E-state index in [-0.39, 0.29) is 11.3 Å². The first kappa shape index (κ1) is 14.0. The maximum absolute atomic E-state index is 11.6. The van der Waals surface area contributed by atoms with Crippen LogP contribution in [-0.4, -0.2) is 17.8 Å². The molecule has 0 atom stereocenters. The summed E-state index contributed by atoms with van der Waals surface area (Å²) in [5.74, 6) is 0.919. The van der Waals surface area contributed by atoms with Gasteiger partial charge in [0.2, 0.25) is 5.91 Å². The zero-order valence-electron chi connectivity index (χ0n) is 10.5. The average molecular weight is 290 g/mol. The zero-order valence-corrected chi connectivity index (χ0v) is 12.1. The lowest BCUT2D eigenvalue weighted by atomic mass is 9.82. The third-order valence-electron chi connectivity index (χ3n) is 3.45. The van der Waals surface area contributed by atoms with Crippen LogP contribution in [-0.2, 0) is 4.79 Å². The van der Waals surface area contributed by atoms with Crippen LogP contribution in [0.15, 0.2) is 0 Å². The molecular formula is C13H24BrNO. The summed E-state index contributed by atoms with van der Waals surface area (Å²) < 4.78 is 0. The Morgan fingerprint density at radius 1 is 1.44 bits per heavy atom. The molecule has 2 nitrogen and oxygen atoms in total. The molecule has 1 rings (SSSR count). The van der Waals surface area contributed by atoms with E-state index in [1.54, 1.807) is 0 Å². The van der Waals surface area contributed by atoms with Crippen molar-refractivity contribution in [3.63, 3.8) is 0 Å². The maximum Gasteiger partial charge on any atom is 0.220 e. The van der Waals surface area contributed by atoms with Gasteiger partial charge in [0.25, 0.3) is 0 Å². The summed E-state index contributed by atoms with van der Waals surface area (Å²) in [5.41, 5.74) is 0.225. The van der Waals surface area contributed by atoms with Gasteiger partial charge < -0.3 is 5.32 Å². The van der Waals surface area contributed by atoms with Crippen molar-refractivity contribution in [1.82, 2.24) is 5.32 Å². The van der Waals surface area contributed by atoms with Crippen LogP contribution < -0.4 is 5.32 Å². The second-order valence-corrected chi connectivity index (χ2v) is 6.53. The van der Waals surface area contributed by atoms with Crippen molar-refractivity contribution in [3.8, 4) is 0 Å². The lowest BCUT2D eigenvalue weighted by Crippen LogP contribution is -2.35. The number of hydrogen-bond donors (Lipinski definition) is 1. The van der Waals surface area contributed by atoms with Crippen LogP contribution in [0.4, 0.5) is 0 Å². The summed E-state index contributed by atoms with van der Waals surface area (Å²) in [5, 5.41) is 4.12. The fraction of sp³-hybridized carbons (Fsp3) is 0.923. The van der Waals surface area contributed by atoms with Gasteiger partial charge in [-0.05, 0) is 37.0 Å². The highest BCUT2D eigenvalue weighted by Gasteiger charge is 2.22. The molecule has 1 N–H and O–H groups in total. The summed E-state index contributed by atoms with van der Waals surface area (Å²) in [6, 6.07) is 0. The summed E-state index contributed by atoms with van der Waals surface area (Å²) in [7, 11) is 0. The first-order valence-corrected chi connectivity index (χ1v) is 7.48. The summed E-state index contributed by atoms with van der Waals surface area (Å²) in [6.07, 6.45) is 6.89. The molecule has 3 heteroatoms. The van der Waals surface area contributed by atoms with E-state index in [1.807, 2.05) is 0 Å². The van der Waals surface area contributed by atoms with Crippen molar-refractivity contribution in [2.45, 2.75) is 52.4 Å². The molecule has 0 aromatic carbocycles. The molecule has 0 aromatic heterocycles. The van der Waals surface area contributed by atoms with E-state index in [4.69, 9.17) is 0 Å². The van der Waals surface area contributed by atoms with Crippen molar-refractivity contribution in [2.24, 2.45) is 11.3 Å². The van der Waals surface area contributed by atoms with Gasteiger partial charge in [-0.2, -0.15) is 0 Å². The third-order valence-corrected chi connectivity index (χ3v) is 4.01. The Bertz CT molecular complexity index is 224. The van der Waals surface area contributed by atoms with Crippen LogP contribution in [0.25, 0.3) is 0 Å². The van der Waals surface area contributed by atoms with E-state index in [9.17, 15) is 4.79 Å². The standard InChI is InChI=1S/C13H24BrNO/c1-13(2,7-4-8-14)10-15-12(16)9-11-5-3-6-11/h11H,3-10H2,1-2H3,(H,15,16). The molecule has 0 aliphatic heterocycles. The van der Waals surface area contributed by atoms with Crippen molar-refractivity contribution >= 4 is 21.8 Å². The highest BCUT2D eigenvalue weighted by atomic mass is 79.9. The normalized spacial score (nSPS) is 16.9. The lowest BCUT2D eigenvalue weighted by Gasteiger charge is -2.27. The quantitative estimate of drug-likeness (QED) is 0.714. The largest absolute Gasteiger partial charge is 0.356 e. The lowest BCUT2D eigenvalue weighted by molar-refractivity contribution is -0.123. The molecule has 16 heavy (non-hydrogen) atoms. The van der Waals surface area contributed by atoms with Crippen LogP contribution in [0.3, 0.4) is 0 Å². The van der Waals surface area contributed by atoms with Crippen molar-refractivity contribution in [3.05, 3.63) is 0 Å². The molecule has 0 bridgehead atoms.